The largest absolute Gasteiger partial charge is 0.460 e. The van der Waals surface area contributed by atoms with Gasteiger partial charge in [-0.2, -0.15) is 8.42 Å². The number of carbonyl (C=O) groups is 1. The molecule has 0 N–H and O–H groups in total. The Morgan fingerprint density at radius 2 is 1.73 bits per heavy atom. The van der Waals surface area contributed by atoms with Gasteiger partial charge in [0.05, 0.1) is 24.5 Å². The van der Waals surface area contributed by atoms with Crippen molar-refractivity contribution in [1.82, 2.24) is 0 Å². The Labute approximate surface area is 156 Å². The maximum absolute atomic E-state index is 12.1. The normalized spacial score (nSPS) is 20.0. The van der Waals surface area contributed by atoms with E-state index in [1.807, 2.05) is 27.7 Å². The summed E-state index contributed by atoms with van der Waals surface area (Å²) in [5.74, 6) is 0.177. The Morgan fingerprint density at radius 1 is 1.12 bits per heavy atom. The van der Waals surface area contributed by atoms with E-state index in [1.165, 1.54) is 0 Å². The first-order valence-corrected chi connectivity index (χ1v) is 10.2. The summed E-state index contributed by atoms with van der Waals surface area (Å²) < 4.78 is 40.1. The van der Waals surface area contributed by atoms with Crippen molar-refractivity contribution >= 4 is 16.1 Å². The molecule has 6 nitrogen and oxygen atoms in total. The minimum atomic E-state index is -3.71. The molecule has 0 radical (unpaired) electrons. The molecule has 146 valence electrons. The summed E-state index contributed by atoms with van der Waals surface area (Å²) in [4.78, 5) is 11.7. The number of hydrogen-bond donors (Lipinski definition) is 0. The van der Waals surface area contributed by atoms with Crippen molar-refractivity contribution in [2.75, 3.05) is 19.8 Å². The summed E-state index contributed by atoms with van der Waals surface area (Å²) in [6, 6.07) is 6.59. The molecule has 1 aliphatic carbocycles. The van der Waals surface area contributed by atoms with E-state index in [9.17, 15) is 13.2 Å². The molecule has 1 fully saturated rings. The molecule has 1 aromatic carbocycles. The van der Waals surface area contributed by atoms with Crippen LogP contribution in [0.25, 0.3) is 0 Å². The van der Waals surface area contributed by atoms with Crippen molar-refractivity contribution in [2.24, 2.45) is 11.8 Å². The molecule has 0 saturated heterocycles. The van der Waals surface area contributed by atoms with Gasteiger partial charge in [0.2, 0.25) is 0 Å². The average Bonchev–Trinajstić information content (AvgIpc) is 3.27. The maximum atomic E-state index is 12.1. The second-order valence-corrected chi connectivity index (χ2v) is 9.33. The number of ether oxygens (including phenoxy) is 2. The van der Waals surface area contributed by atoms with E-state index in [2.05, 4.69) is 0 Å². The molecule has 0 amide bonds. The number of hydrogen-bond acceptors (Lipinski definition) is 6. The minimum absolute atomic E-state index is 0.163. The van der Waals surface area contributed by atoms with Gasteiger partial charge in [0, 0.05) is 6.61 Å². The molecular weight excluding hydrogens is 356 g/mol. The van der Waals surface area contributed by atoms with Crippen LogP contribution in [0.4, 0.5) is 0 Å². The van der Waals surface area contributed by atoms with Crippen molar-refractivity contribution in [3.05, 3.63) is 29.8 Å². The fourth-order valence-electron chi connectivity index (χ4n) is 2.45. The lowest BCUT2D eigenvalue weighted by Gasteiger charge is -2.19. The van der Waals surface area contributed by atoms with Crippen LogP contribution in [-0.4, -0.2) is 39.8 Å². The van der Waals surface area contributed by atoms with Gasteiger partial charge in [-0.3, -0.25) is 8.98 Å². The molecule has 0 bridgehead atoms. The minimum Gasteiger partial charge on any atom is -0.460 e. The zero-order valence-electron chi connectivity index (χ0n) is 15.9. The van der Waals surface area contributed by atoms with Gasteiger partial charge in [0.1, 0.15) is 5.60 Å². The zero-order chi connectivity index (χ0) is 19.4. The molecule has 1 saturated carbocycles. The predicted octanol–water partition coefficient (Wildman–Crippen LogP) is 3.08. The van der Waals surface area contributed by atoms with E-state index in [0.717, 1.165) is 12.0 Å². The molecule has 1 aromatic rings. The fourth-order valence-corrected chi connectivity index (χ4v) is 3.41. The van der Waals surface area contributed by atoms with E-state index in [1.54, 1.807) is 24.3 Å². The highest BCUT2D eigenvalue weighted by atomic mass is 32.2. The highest BCUT2D eigenvalue weighted by Gasteiger charge is 2.38. The molecule has 26 heavy (non-hydrogen) atoms. The summed E-state index contributed by atoms with van der Waals surface area (Å²) in [6.07, 6.45) is 1.09. The molecule has 0 unspecified atom stereocenters. The summed E-state index contributed by atoms with van der Waals surface area (Å²) in [7, 11) is -3.71. The number of aryl methyl sites for hydroxylation is 1. The van der Waals surface area contributed by atoms with E-state index < -0.39 is 15.7 Å². The molecule has 0 heterocycles. The standard InChI is InChI=1S/C19H28O6S/c1-14-5-7-17(8-6-14)26(21,22)24-13-16-11-15(16)12-23-10-9-18(20)25-19(2,3)4/h5-8,15-16H,9-13H2,1-4H3/t15-,16-/m0/s1. The highest BCUT2D eigenvalue weighted by molar-refractivity contribution is 7.86. The van der Waals surface area contributed by atoms with Crippen molar-refractivity contribution < 1.29 is 26.9 Å². The van der Waals surface area contributed by atoms with Crippen LogP contribution in [0.2, 0.25) is 0 Å². The van der Waals surface area contributed by atoms with Gasteiger partial charge in [-0.05, 0) is 58.1 Å². The monoisotopic (exact) mass is 384 g/mol. The molecule has 0 spiro atoms. The van der Waals surface area contributed by atoms with Crippen LogP contribution < -0.4 is 0 Å². The van der Waals surface area contributed by atoms with Crippen LogP contribution in [0, 0.1) is 18.8 Å². The summed E-state index contributed by atoms with van der Waals surface area (Å²) >= 11 is 0. The Kier molecular flexibility index (Phi) is 6.82. The summed E-state index contributed by atoms with van der Waals surface area (Å²) in [5.41, 5.74) is 0.508. The lowest BCUT2D eigenvalue weighted by molar-refractivity contribution is -0.156. The quantitative estimate of drug-likeness (QED) is 0.370. The van der Waals surface area contributed by atoms with Crippen LogP contribution in [0.5, 0.6) is 0 Å². The van der Waals surface area contributed by atoms with Crippen LogP contribution in [0.3, 0.4) is 0 Å². The van der Waals surface area contributed by atoms with Gasteiger partial charge < -0.3 is 9.47 Å². The van der Waals surface area contributed by atoms with Crippen molar-refractivity contribution in [1.29, 1.82) is 0 Å². The number of carbonyl (C=O) groups excluding carboxylic acids is 1. The van der Waals surface area contributed by atoms with Crippen LogP contribution in [0.15, 0.2) is 29.2 Å². The Balaban J connectivity index is 1.62. The molecule has 0 aromatic heterocycles. The maximum Gasteiger partial charge on any atom is 0.308 e. The second kappa shape index (κ2) is 8.50. The summed E-state index contributed by atoms with van der Waals surface area (Å²) in [6.45, 7) is 8.34. The van der Waals surface area contributed by atoms with Gasteiger partial charge in [-0.25, -0.2) is 0 Å². The van der Waals surface area contributed by atoms with Gasteiger partial charge in [-0.15, -0.1) is 0 Å². The van der Waals surface area contributed by atoms with Gasteiger partial charge in [0.15, 0.2) is 0 Å². The third kappa shape index (κ3) is 7.05. The van der Waals surface area contributed by atoms with E-state index >= 15 is 0 Å². The Hall–Kier alpha value is -1.44. The van der Waals surface area contributed by atoms with E-state index in [4.69, 9.17) is 13.7 Å². The highest BCUT2D eigenvalue weighted by Crippen LogP contribution is 2.39. The first kappa shape index (κ1) is 20.9. The lowest BCUT2D eigenvalue weighted by atomic mass is 10.2. The van der Waals surface area contributed by atoms with E-state index in [0.29, 0.717) is 13.2 Å². The predicted molar refractivity (Wildman–Crippen MR) is 97.2 cm³/mol. The van der Waals surface area contributed by atoms with Gasteiger partial charge in [0.25, 0.3) is 10.1 Å². The summed E-state index contributed by atoms with van der Waals surface area (Å²) in [5, 5.41) is 0. The molecule has 0 aliphatic heterocycles. The number of rotatable bonds is 9. The zero-order valence-corrected chi connectivity index (χ0v) is 16.7. The van der Waals surface area contributed by atoms with Crippen molar-refractivity contribution in [3.8, 4) is 0 Å². The molecule has 2 rings (SSSR count). The molecular formula is C19H28O6S. The van der Waals surface area contributed by atoms with Gasteiger partial charge >= 0.3 is 5.97 Å². The topological polar surface area (TPSA) is 78.9 Å². The molecule has 1 aliphatic rings. The molecule has 7 heteroatoms. The third-order valence-electron chi connectivity index (χ3n) is 4.02. The number of esters is 1. The average molecular weight is 384 g/mol. The second-order valence-electron chi connectivity index (χ2n) is 7.72. The third-order valence-corrected chi connectivity index (χ3v) is 5.31. The molecule has 2 atom stereocenters. The fraction of sp³-hybridized carbons (Fsp3) is 0.632. The Bertz CT molecular complexity index is 703. The lowest BCUT2D eigenvalue weighted by Crippen LogP contribution is -2.24. The van der Waals surface area contributed by atoms with Crippen LogP contribution in [0.1, 0.15) is 39.2 Å². The first-order chi connectivity index (χ1) is 12.1. The van der Waals surface area contributed by atoms with Crippen LogP contribution >= 0.6 is 0 Å². The van der Waals surface area contributed by atoms with Crippen molar-refractivity contribution in [3.63, 3.8) is 0 Å². The van der Waals surface area contributed by atoms with E-state index in [-0.39, 0.29) is 35.7 Å². The Morgan fingerprint density at radius 3 is 2.35 bits per heavy atom. The van der Waals surface area contributed by atoms with Gasteiger partial charge in [-0.1, -0.05) is 17.7 Å². The SMILES string of the molecule is Cc1ccc(S(=O)(=O)OC[C@@H]2C[C@H]2COCCC(=O)OC(C)(C)C)cc1. The smallest absolute Gasteiger partial charge is 0.308 e. The van der Waals surface area contributed by atoms with Crippen molar-refractivity contribution in [2.45, 2.75) is 51.0 Å². The van der Waals surface area contributed by atoms with Crippen LogP contribution in [-0.2, 0) is 28.6 Å². The first-order valence-electron chi connectivity index (χ1n) is 8.82. The number of benzene rings is 1.